The fourth-order valence-corrected chi connectivity index (χ4v) is 4.43. The molecular weight excluding hydrogens is 412 g/mol. The van der Waals surface area contributed by atoms with E-state index in [-0.39, 0.29) is 6.10 Å². The average Bonchev–Trinajstić information content (AvgIpc) is 3.34. The van der Waals surface area contributed by atoms with Crippen LogP contribution in [0.4, 0.5) is 5.82 Å². The third-order valence-electron chi connectivity index (χ3n) is 6.44. The molecule has 0 amide bonds. The minimum atomic E-state index is -0.250. The zero-order valence-corrected chi connectivity index (χ0v) is 19.0. The fourth-order valence-electron chi connectivity index (χ4n) is 4.43. The summed E-state index contributed by atoms with van der Waals surface area (Å²) in [6, 6.07) is 18.8. The second-order valence-electron chi connectivity index (χ2n) is 8.89. The lowest BCUT2D eigenvalue weighted by molar-refractivity contribution is 0.141. The van der Waals surface area contributed by atoms with Crippen LogP contribution in [0.3, 0.4) is 0 Å². The van der Waals surface area contributed by atoms with Crippen LogP contribution in [0.15, 0.2) is 73.3 Å². The Morgan fingerprint density at radius 3 is 2.27 bits per heavy atom. The molecule has 2 aromatic carbocycles. The third kappa shape index (κ3) is 4.89. The van der Waals surface area contributed by atoms with Crippen molar-refractivity contribution in [2.75, 3.05) is 38.1 Å². The first kappa shape index (κ1) is 21.6. The molecule has 0 radical (unpaired) electrons. The average molecular weight is 443 g/mol. The molecule has 0 atom stereocenters. The van der Waals surface area contributed by atoms with Gasteiger partial charge in [0, 0.05) is 30.2 Å². The molecular formula is C26H30N6O. The monoisotopic (exact) mass is 442 g/mol. The van der Waals surface area contributed by atoms with E-state index in [1.807, 2.05) is 42.6 Å². The summed E-state index contributed by atoms with van der Waals surface area (Å²) in [6.07, 6.45) is 7.76. The Balaban J connectivity index is 0.000000332. The van der Waals surface area contributed by atoms with Crippen molar-refractivity contribution in [3.8, 4) is 11.1 Å². The predicted octanol–water partition coefficient (Wildman–Crippen LogP) is 3.63. The van der Waals surface area contributed by atoms with E-state index in [2.05, 4.69) is 61.0 Å². The number of anilines is 1. The van der Waals surface area contributed by atoms with Gasteiger partial charge >= 0.3 is 0 Å². The Bertz CT molecular complexity index is 1150. The van der Waals surface area contributed by atoms with Crippen LogP contribution < -0.4 is 4.90 Å². The Labute approximate surface area is 194 Å². The van der Waals surface area contributed by atoms with Gasteiger partial charge in [-0.1, -0.05) is 42.5 Å². The summed E-state index contributed by atoms with van der Waals surface area (Å²) in [4.78, 5) is 13.3. The molecule has 0 unspecified atom stereocenters. The molecule has 0 saturated carbocycles. The van der Waals surface area contributed by atoms with Crippen molar-refractivity contribution in [3.05, 3.63) is 73.3 Å². The Morgan fingerprint density at radius 1 is 0.909 bits per heavy atom. The number of aromatic nitrogens is 4. The normalized spacial score (nSPS) is 17.5. The third-order valence-corrected chi connectivity index (χ3v) is 6.44. The molecule has 170 valence electrons. The van der Waals surface area contributed by atoms with Crippen molar-refractivity contribution in [2.24, 2.45) is 0 Å². The molecule has 0 bridgehead atoms. The number of aliphatic hydroxyl groups is 1. The lowest BCUT2D eigenvalue weighted by atomic mass is 10.0. The van der Waals surface area contributed by atoms with E-state index < -0.39 is 0 Å². The molecule has 7 nitrogen and oxygen atoms in total. The SMILES string of the molecule is CN1CCC(n2cc(-c3ccc4c(N5CC(O)C5)ncnc4c3)cn2)CC1.c1ccccc1. The first-order valence-corrected chi connectivity index (χ1v) is 11.6. The van der Waals surface area contributed by atoms with Gasteiger partial charge in [-0.2, -0.15) is 5.10 Å². The Kier molecular flexibility index (Phi) is 6.32. The van der Waals surface area contributed by atoms with E-state index in [1.54, 1.807) is 6.33 Å². The number of fused-ring (bicyclic) bond motifs is 1. The molecule has 4 heterocycles. The summed E-state index contributed by atoms with van der Waals surface area (Å²) in [7, 11) is 2.18. The van der Waals surface area contributed by atoms with Crippen molar-refractivity contribution in [2.45, 2.75) is 25.0 Å². The highest BCUT2D eigenvalue weighted by Gasteiger charge is 2.27. The largest absolute Gasteiger partial charge is 0.389 e. The van der Waals surface area contributed by atoms with E-state index in [0.717, 1.165) is 53.8 Å². The van der Waals surface area contributed by atoms with Crippen LogP contribution in [0.2, 0.25) is 0 Å². The van der Waals surface area contributed by atoms with Crippen LogP contribution in [-0.2, 0) is 0 Å². The van der Waals surface area contributed by atoms with Crippen molar-refractivity contribution < 1.29 is 5.11 Å². The van der Waals surface area contributed by atoms with Gasteiger partial charge in [0.05, 0.1) is 23.9 Å². The van der Waals surface area contributed by atoms with Gasteiger partial charge in [0.1, 0.15) is 12.1 Å². The molecule has 6 rings (SSSR count). The highest BCUT2D eigenvalue weighted by Crippen LogP contribution is 2.31. The number of hydrogen-bond donors (Lipinski definition) is 1. The Hall–Kier alpha value is -3.29. The Morgan fingerprint density at radius 2 is 1.61 bits per heavy atom. The topological polar surface area (TPSA) is 70.3 Å². The lowest BCUT2D eigenvalue weighted by Crippen LogP contribution is -2.51. The molecule has 33 heavy (non-hydrogen) atoms. The van der Waals surface area contributed by atoms with Crippen LogP contribution in [0.1, 0.15) is 18.9 Å². The molecule has 2 aliphatic heterocycles. The molecule has 0 spiro atoms. The van der Waals surface area contributed by atoms with E-state index >= 15 is 0 Å². The molecule has 2 aliphatic rings. The summed E-state index contributed by atoms with van der Waals surface area (Å²) in [5.74, 6) is 0.902. The zero-order chi connectivity index (χ0) is 22.6. The highest BCUT2D eigenvalue weighted by molar-refractivity contribution is 5.92. The second-order valence-corrected chi connectivity index (χ2v) is 8.89. The van der Waals surface area contributed by atoms with Crippen molar-refractivity contribution in [1.29, 1.82) is 0 Å². The van der Waals surface area contributed by atoms with Gasteiger partial charge in [0.25, 0.3) is 0 Å². The van der Waals surface area contributed by atoms with Crippen LogP contribution in [0.5, 0.6) is 0 Å². The fraction of sp³-hybridized carbons (Fsp3) is 0.346. The zero-order valence-electron chi connectivity index (χ0n) is 19.0. The van der Waals surface area contributed by atoms with Gasteiger partial charge in [-0.3, -0.25) is 4.68 Å². The molecule has 7 heteroatoms. The van der Waals surface area contributed by atoms with Gasteiger partial charge < -0.3 is 14.9 Å². The number of likely N-dealkylation sites (tertiary alicyclic amines) is 1. The number of rotatable bonds is 3. The molecule has 2 saturated heterocycles. The van der Waals surface area contributed by atoms with Crippen LogP contribution in [0.25, 0.3) is 22.0 Å². The molecule has 4 aromatic rings. The van der Waals surface area contributed by atoms with Crippen LogP contribution in [0, 0.1) is 0 Å². The minimum absolute atomic E-state index is 0.250. The molecule has 0 aliphatic carbocycles. The van der Waals surface area contributed by atoms with E-state index in [0.29, 0.717) is 19.1 Å². The van der Waals surface area contributed by atoms with Crippen molar-refractivity contribution in [3.63, 3.8) is 0 Å². The smallest absolute Gasteiger partial charge is 0.140 e. The maximum Gasteiger partial charge on any atom is 0.140 e. The van der Waals surface area contributed by atoms with Gasteiger partial charge in [-0.15, -0.1) is 0 Å². The minimum Gasteiger partial charge on any atom is -0.389 e. The summed E-state index contributed by atoms with van der Waals surface area (Å²) in [5.41, 5.74) is 3.16. The van der Waals surface area contributed by atoms with Gasteiger partial charge in [-0.05, 0) is 50.7 Å². The summed E-state index contributed by atoms with van der Waals surface area (Å²) in [6.45, 7) is 3.52. The quantitative estimate of drug-likeness (QED) is 0.523. The molecule has 2 fully saturated rings. The number of hydrogen-bond acceptors (Lipinski definition) is 6. The number of β-amino-alcohol motifs (C(OH)–C–C–N with tert-alkyl or cyclic N) is 1. The predicted molar refractivity (Wildman–Crippen MR) is 131 cm³/mol. The number of piperidine rings is 1. The van der Waals surface area contributed by atoms with Crippen LogP contribution >= 0.6 is 0 Å². The molecule has 2 aromatic heterocycles. The maximum absolute atomic E-state index is 9.57. The molecule has 1 N–H and O–H groups in total. The summed E-state index contributed by atoms with van der Waals surface area (Å²) < 4.78 is 2.12. The number of aliphatic hydroxyl groups excluding tert-OH is 1. The second kappa shape index (κ2) is 9.68. The van der Waals surface area contributed by atoms with E-state index in [4.69, 9.17) is 0 Å². The standard InChI is InChI=1S/C20H24N6O.C6H6/c1-24-6-4-16(5-7-24)26-10-15(9-23-26)14-2-3-18-19(8-14)21-13-22-20(18)25-11-17(27)12-25;1-2-4-6-5-3-1/h2-3,8-10,13,16-17,27H,4-7,11-12H2,1H3;1-6H. The first-order chi connectivity index (χ1) is 16.2. The highest BCUT2D eigenvalue weighted by atomic mass is 16.3. The van der Waals surface area contributed by atoms with Gasteiger partial charge in [-0.25, -0.2) is 9.97 Å². The van der Waals surface area contributed by atoms with Gasteiger partial charge in [0.2, 0.25) is 0 Å². The summed E-state index contributed by atoms with van der Waals surface area (Å²) in [5, 5.41) is 15.2. The van der Waals surface area contributed by atoms with Crippen molar-refractivity contribution in [1.82, 2.24) is 24.6 Å². The van der Waals surface area contributed by atoms with Crippen LogP contribution in [-0.4, -0.2) is 69.1 Å². The van der Waals surface area contributed by atoms with E-state index in [1.165, 1.54) is 0 Å². The summed E-state index contributed by atoms with van der Waals surface area (Å²) >= 11 is 0. The first-order valence-electron chi connectivity index (χ1n) is 11.6. The lowest BCUT2D eigenvalue weighted by Gasteiger charge is -2.37. The van der Waals surface area contributed by atoms with E-state index in [9.17, 15) is 5.11 Å². The number of nitrogens with zero attached hydrogens (tertiary/aromatic N) is 6. The van der Waals surface area contributed by atoms with Crippen molar-refractivity contribution >= 4 is 16.7 Å². The number of benzene rings is 2. The maximum atomic E-state index is 9.57. The van der Waals surface area contributed by atoms with Gasteiger partial charge in [0.15, 0.2) is 0 Å².